The molecule has 1 aliphatic carbocycles. The molecule has 0 spiro atoms. The fourth-order valence-electron chi connectivity index (χ4n) is 3.35. The number of hydrogen-bond donors (Lipinski definition) is 2. The van der Waals surface area contributed by atoms with E-state index in [4.69, 9.17) is 10.5 Å². The van der Waals surface area contributed by atoms with Crippen molar-refractivity contribution < 1.29 is 23.4 Å². The van der Waals surface area contributed by atoms with Gasteiger partial charge in [0, 0.05) is 12.2 Å². The molecule has 0 unspecified atom stereocenters. The number of benzene rings is 1. The largest absolute Gasteiger partial charge is 0.491 e. The number of nitrogens with zero attached hydrogens (tertiary/aromatic N) is 1. The van der Waals surface area contributed by atoms with E-state index >= 15 is 0 Å². The van der Waals surface area contributed by atoms with Crippen molar-refractivity contribution in [1.29, 1.82) is 0 Å². The van der Waals surface area contributed by atoms with Crippen molar-refractivity contribution in [2.45, 2.75) is 31.7 Å². The van der Waals surface area contributed by atoms with Crippen molar-refractivity contribution in [3.63, 3.8) is 0 Å². The molecule has 0 radical (unpaired) electrons. The lowest BCUT2D eigenvalue weighted by Crippen LogP contribution is -2.22. The van der Waals surface area contributed by atoms with E-state index in [0.717, 1.165) is 32.8 Å². The molecule has 0 atom stereocenters. The number of aromatic carboxylic acids is 1. The molecule has 1 aliphatic rings. The zero-order valence-corrected chi connectivity index (χ0v) is 12.9. The molecule has 3 rings (SSSR count). The molecule has 1 fully saturated rings. The number of nitrogens with two attached hydrogens (primary N) is 1. The summed E-state index contributed by atoms with van der Waals surface area (Å²) in [5, 5.41) is 8.92. The molecule has 3 N–H and O–H groups in total. The van der Waals surface area contributed by atoms with Crippen LogP contribution >= 0.6 is 0 Å². The van der Waals surface area contributed by atoms with Crippen LogP contribution in [0.2, 0.25) is 0 Å². The molecule has 8 heteroatoms. The lowest BCUT2D eigenvalue weighted by atomic mass is 10.1. The summed E-state index contributed by atoms with van der Waals surface area (Å²) in [5.41, 5.74) is 3.40. The predicted molar refractivity (Wildman–Crippen MR) is 83.6 cm³/mol. The number of carboxylic acids is 1. The van der Waals surface area contributed by atoms with Crippen LogP contribution in [0.15, 0.2) is 11.0 Å². The van der Waals surface area contributed by atoms with E-state index in [1.54, 1.807) is 0 Å². The van der Waals surface area contributed by atoms with Crippen LogP contribution in [-0.4, -0.2) is 22.8 Å². The first-order valence-corrected chi connectivity index (χ1v) is 7.51. The van der Waals surface area contributed by atoms with Gasteiger partial charge in [0.2, 0.25) is 11.2 Å². The van der Waals surface area contributed by atoms with Crippen LogP contribution in [-0.2, 0) is 0 Å². The lowest BCUT2D eigenvalue weighted by Gasteiger charge is -2.21. The Morgan fingerprint density at radius 3 is 2.50 bits per heavy atom. The van der Waals surface area contributed by atoms with Gasteiger partial charge < -0.3 is 20.1 Å². The van der Waals surface area contributed by atoms with Gasteiger partial charge in [-0.3, -0.25) is 4.79 Å². The van der Waals surface area contributed by atoms with Crippen LogP contribution in [0.4, 0.5) is 14.5 Å². The van der Waals surface area contributed by atoms with E-state index in [9.17, 15) is 23.5 Å². The van der Waals surface area contributed by atoms with Gasteiger partial charge in [0.1, 0.15) is 11.1 Å². The highest BCUT2D eigenvalue weighted by Gasteiger charge is 2.29. The van der Waals surface area contributed by atoms with Crippen LogP contribution < -0.4 is 15.9 Å². The molecule has 6 nitrogen and oxygen atoms in total. The zero-order valence-electron chi connectivity index (χ0n) is 12.9. The molecule has 1 aromatic heterocycles. The topological polar surface area (TPSA) is 94.6 Å². The summed E-state index contributed by atoms with van der Waals surface area (Å²) in [4.78, 5) is 23.9. The maximum absolute atomic E-state index is 14.2. The van der Waals surface area contributed by atoms with E-state index in [1.807, 2.05) is 0 Å². The Morgan fingerprint density at radius 2 is 1.96 bits per heavy atom. The molecule has 2 aromatic rings. The minimum atomic E-state index is -1.45. The van der Waals surface area contributed by atoms with Gasteiger partial charge in [-0.25, -0.2) is 9.18 Å². The summed E-state index contributed by atoms with van der Waals surface area (Å²) >= 11 is 0. The van der Waals surface area contributed by atoms with Gasteiger partial charge in [-0.2, -0.15) is 4.39 Å². The van der Waals surface area contributed by atoms with Gasteiger partial charge in [0.15, 0.2) is 11.6 Å². The normalized spacial score (nSPS) is 15.1. The minimum absolute atomic E-state index is 0.00389. The molecule has 24 heavy (non-hydrogen) atoms. The van der Waals surface area contributed by atoms with Gasteiger partial charge in [0.25, 0.3) is 0 Å². The number of rotatable bonds is 3. The molecule has 1 aromatic carbocycles. The van der Waals surface area contributed by atoms with Crippen molar-refractivity contribution in [1.82, 2.24) is 4.57 Å². The van der Waals surface area contributed by atoms with Gasteiger partial charge in [-0.05, 0) is 12.8 Å². The van der Waals surface area contributed by atoms with Gasteiger partial charge >= 0.3 is 5.97 Å². The Kier molecular flexibility index (Phi) is 3.90. The second-order valence-electron chi connectivity index (χ2n) is 5.82. The minimum Gasteiger partial charge on any atom is -0.491 e. The van der Waals surface area contributed by atoms with Crippen LogP contribution in [0.1, 0.15) is 42.1 Å². The number of pyridine rings is 1. The summed E-state index contributed by atoms with van der Waals surface area (Å²) < 4.78 is 34.8. The number of halogens is 2. The smallest absolute Gasteiger partial charge is 0.341 e. The molecule has 0 saturated heterocycles. The number of methoxy groups -OCH3 is 1. The average Bonchev–Trinajstić information content (AvgIpc) is 3.07. The fraction of sp³-hybridized carbons (Fsp3) is 0.375. The van der Waals surface area contributed by atoms with Gasteiger partial charge in [-0.15, -0.1) is 0 Å². The molecule has 1 saturated carbocycles. The maximum atomic E-state index is 14.2. The second kappa shape index (κ2) is 5.77. The first kappa shape index (κ1) is 16.2. The van der Waals surface area contributed by atoms with Crippen molar-refractivity contribution in [2.75, 3.05) is 12.8 Å². The third kappa shape index (κ3) is 2.21. The number of carboxylic acid groups (broad SMARTS) is 1. The predicted octanol–water partition coefficient (Wildman–Crippen LogP) is 2.68. The SMILES string of the molecule is COc1c(F)c(F)c(N)c2c(=O)c(C(=O)O)cn(C3CCCC3)c12. The third-order valence-corrected chi connectivity index (χ3v) is 4.50. The number of anilines is 1. The lowest BCUT2D eigenvalue weighted by molar-refractivity contribution is 0.0694. The van der Waals surface area contributed by atoms with E-state index in [0.29, 0.717) is 0 Å². The Balaban J connectivity index is 2.55. The van der Waals surface area contributed by atoms with Gasteiger partial charge in [0.05, 0.1) is 18.2 Å². The van der Waals surface area contributed by atoms with Crippen molar-refractivity contribution in [3.05, 3.63) is 33.6 Å². The zero-order chi connectivity index (χ0) is 17.6. The Hall–Kier alpha value is -2.64. The maximum Gasteiger partial charge on any atom is 0.341 e. The monoisotopic (exact) mass is 338 g/mol. The summed E-state index contributed by atoms with van der Waals surface area (Å²) in [6.07, 6.45) is 4.48. The number of carbonyl (C=O) groups is 1. The summed E-state index contributed by atoms with van der Waals surface area (Å²) in [7, 11) is 1.15. The highest BCUT2D eigenvalue weighted by Crippen LogP contribution is 2.39. The molecule has 0 aliphatic heterocycles. The molecule has 1 heterocycles. The summed E-state index contributed by atoms with van der Waals surface area (Å²) in [6, 6.07) is -0.135. The highest BCUT2D eigenvalue weighted by molar-refractivity contribution is 6.00. The Bertz CT molecular complexity index is 902. The van der Waals surface area contributed by atoms with Crippen LogP contribution in [0.3, 0.4) is 0 Å². The van der Waals surface area contributed by atoms with E-state index in [1.165, 1.54) is 10.8 Å². The number of hydrogen-bond acceptors (Lipinski definition) is 4. The highest BCUT2D eigenvalue weighted by atomic mass is 19.2. The second-order valence-corrected chi connectivity index (χ2v) is 5.82. The summed E-state index contributed by atoms with van der Waals surface area (Å²) in [5.74, 6) is -4.61. The van der Waals surface area contributed by atoms with Crippen LogP contribution in [0.25, 0.3) is 10.9 Å². The fourth-order valence-corrected chi connectivity index (χ4v) is 3.35. The number of nitrogen functional groups attached to an aromatic ring is 1. The molecular weight excluding hydrogens is 322 g/mol. The van der Waals surface area contributed by atoms with Gasteiger partial charge in [-0.1, -0.05) is 12.8 Å². The van der Waals surface area contributed by atoms with E-state index in [2.05, 4.69) is 0 Å². The first-order valence-electron chi connectivity index (χ1n) is 7.51. The Labute approximate surface area is 135 Å². The molecule has 128 valence electrons. The first-order chi connectivity index (χ1) is 11.4. The van der Waals surface area contributed by atoms with Crippen molar-refractivity contribution in [2.24, 2.45) is 0 Å². The van der Waals surface area contributed by atoms with E-state index in [-0.39, 0.29) is 16.9 Å². The molecular formula is C16H16F2N2O4. The van der Waals surface area contributed by atoms with Crippen molar-refractivity contribution in [3.8, 4) is 5.75 Å². The standard InChI is InChI=1S/C16H16F2N2O4/c1-24-15-11(18)10(17)12(19)9-13(15)20(7-4-2-3-5-7)6-8(14(9)21)16(22)23/h6-7H,2-5,19H2,1H3,(H,22,23). The van der Waals surface area contributed by atoms with Crippen LogP contribution in [0, 0.1) is 11.6 Å². The molecule has 0 bridgehead atoms. The summed E-state index contributed by atoms with van der Waals surface area (Å²) in [6.45, 7) is 0. The quantitative estimate of drug-likeness (QED) is 0.839. The van der Waals surface area contributed by atoms with E-state index < -0.39 is 40.0 Å². The number of aromatic nitrogens is 1. The third-order valence-electron chi connectivity index (χ3n) is 4.50. The van der Waals surface area contributed by atoms with Crippen molar-refractivity contribution >= 4 is 22.6 Å². The Morgan fingerprint density at radius 1 is 1.33 bits per heavy atom. The number of ether oxygens (including phenoxy) is 1. The average molecular weight is 338 g/mol. The van der Waals surface area contributed by atoms with Crippen LogP contribution in [0.5, 0.6) is 5.75 Å². The number of fused-ring (bicyclic) bond motifs is 1. The molecule has 0 amide bonds.